The van der Waals surface area contributed by atoms with Gasteiger partial charge in [0, 0.05) is 0 Å². The smallest absolute Gasteiger partial charge is 0.00975 e. The minimum absolute atomic E-state index is 0.0685. The average molecular weight is 437 g/mol. The van der Waals surface area contributed by atoms with Gasteiger partial charge in [-0.25, -0.2) is 0 Å². The molecule has 2 rings (SSSR count). The van der Waals surface area contributed by atoms with Crippen LogP contribution in [0.4, 0.5) is 0 Å². The highest BCUT2D eigenvalue weighted by atomic mass is 14.4. The van der Waals surface area contributed by atoms with Crippen LogP contribution in [0, 0.1) is 0 Å². The zero-order valence-electron chi connectivity index (χ0n) is 24.3. The van der Waals surface area contributed by atoms with Crippen molar-refractivity contribution in [1.29, 1.82) is 0 Å². The van der Waals surface area contributed by atoms with E-state index in [9.17, 15) is 0 Å². The summed E-state index contributed by atoms with van der Waals surface area (Å²) >= 11 is 0. The maximum Gasteiger partial charge on any atom is -0.00975 e. The van der Waals surface area contributed by atoms with Gasteiger partial charge in [0.2, 0.25) is 0 Å². The van der Waals surface area contributed by atoms with Crippen molar-refractivity contribution in [2.75, 3.05) is 0 Å². The second kappa shape index (κ2) is 8.18. The van der Waals surface area contributed by atoms with Crippen LogP contribution in [0.3, 0.4) is 0 Å². The monoisotopic (exact) mass is 436 g/mol. The molecule has 0 nitrogen and oxygen atoms in total. The van der Waals surface area contributed by atoms with E-state index in [0.717, 1.165) is 0 Å². The van der Waals surface area contributed by atoms with E-state index in [-0.39, 0.29) is 21.7 Å². The van der Waals surface area contributed by atoms with E-state index in [2.05, 4.69) is 123 Å². The lowest BCUT2D eigenvalue weighted by Gasteiger charge is -2.39. The zero-order valence-corrected chi connectivity index (χ0v) is 24.3. The summed E-state index contributed by atoms with van der Waals surface area (Å²) in [5.74, 6) is 0.978. The molecule has 2 aromatic rings. The third-order valence-corrected chi connectivity index (χ3v) is 6.83. The Hall–Kier alpha value is -1.30. The first kappa shape index (κ1) is 26.9. The quantitative estimate of drug-likeness (QED) is 0.439. The van der Waals surface area contributed by atoms with E-state index < -0.39 is 0 Å². The topological polar surface area (TPSA) is 0 Å². The summed E-state index contributed by atoms with van der Waals surface area (Å²) in [5.41, 5.74) is 9.49. The molecule has 180 valence electrons. The molecule has 0 bridgehead atoms. The first-order valence-corrected chi connectivity index (χ1v) is 12.8. The van der Waals surface area contributed by atoms with Gasteiger partial charge in [0.15, 0.2) is 0 Å². The summed E-state index contributed by atoms with van der Waals surface area (Å²) in [5, 5.41) is 3.07. The molecule has 0 spiro atoms. The van der Waals surface area contributed by atoms with E-state index >= 15 is 0 Å². The minimum Gasteiger partial charge on any atom is -0.0587 e. The lowest BCUT2D eigenvalue weighted by molar-refractivity contribution is 0.553. The summed E-state index contributed by atoms with van der Waals surface area (Å²) in [7, 11) is 0. The first-order chi connectivity index (χ1) is 14.1. The summed E-state index contributed by atoms with van der Waals surface area (Å²) in [6.07, 6.45) is 0. The van der Waals surface area contributed by atoms with Crippen molar-refractivity contribution in [3.8, 4) is 0 Å². The van der Waals surface area contributed by atoms with Gasteiger partial charge < -0.3 is 0 Å². The molecule has 0 saturated carbocycles. The Labute approximate surface area is 200 Å². The summed E-state index contributed by atoms with van der Waals surface area (Å²) in [6, 6.07) is 5.15. The number of rotatable bonds is 2. The highest BCUT2D eigenvalue weighted by Crippen LogP contribution is 2.50. The predicted molar refractivity (Wildman–Crippen MR) is 147 cm³/mol. The number of hydrogen-bond acceptors (Lipinski definition) is 0. The van der Waals surface area contributed by atoms with Gasteiger partial charge in [-0.1, -0.05) is 123 Å². The third kappa shape index (κ3) is 4.95. The normalized spacial score (nSPS) is 14.2. The first-order valence-electron chi connectivity index (χ1n) is 12.8. The van der Waals surface area contributed by atoms with Gasteiger partial charge in [-0.2, -0.15) is 0 Å². The summed E-state index contributed by atoms with van der Waals surface area (Å²) < 4.78 is 0. The predicted octanol–water partition coefficient (Wildman–Crippen LogP) is 10.3. The number of benzene rings is 2. The van der Waals surface area contributed by atoms with Crippen LogP contribution < -0.4 is 0 Å². The number of hydrogen-bond donors (Lipinski definition) is 0. The molecule has 0 aliphatic heterocycles. The SMILES string of the molecule is CC(C)c1cc(C(C)(C)C)c2c(C(C)(C)C)cc(C(C)C)c(C(C)(C)C)c2c1C(C)(C)C. The van der Waals surface area contributed by atoms with Crippen LogP contribution in [0.2, 0.25) is 0 Å². The maximum absolute atomic E-state index is 2.57. The lowest BCUT2D eigenvalue weighted by atomic mass is 9.65. The molecule has 0 heterocycles. The van der Waals surface area contributed by atoms with Gasteiger partial charge in [0.1, 0.15) is 0 Å². The molecule has 2 aromatic carbocycles. The van der Waals surface area contributed by atoms with Gasteiger partial charge in [0.05, 0.1) is 0 Å². The van der Waals surface area contributed by atoms with Gasteiger partial charge in [-0.15, -0.1) is 0 Å². The van der Waals surface area contributed by atoms with Crippen LogP contribution in [0.1, 0.15) is 156 Å². The van der Waals surface area contributed by atoms with Crippen molar-refractivity contribution in [1.82, 2.24) is 0 Å². The van der Waals surface area contributed by atoms with Crippen LogP contribution >= 0.6 is 0 Å². The Morgan fingerprint density at radius 3 is 0.906 bits per heavy atom. The standard InChI is InChI=1S/C32H52/c1-19(2)21-17-23(29(5,6)7)25-24(30(8,9)10)18-22(20(3)4)28(32(14,15)16)26(25)27(21)31(11,12)13/h17-20H,1-16H3. The largest absolute Gasteiger partial charge is 0.0587 e. The Kier molecular flexibility index (Phi) is 6.89. The van der Waals surface area contributed by atoms with Crippen molar-refractivity contribution in [3.63, 3.8) is 0 Å². The molecule has 0 saturated heterocycles. The van der Waals surface area contributed by atoms with Crippen LogP contribution in [0.15, 0.2) is 12.1 Å². The Morgan fingerprint density at radius 2 is 0.719 bits per heavy atom. The third-order valence-electron chi connectivity index (χ3n) is 6.83. The number of fused-ring (bicyclic) bond motifs is 1. The van der Waals surface area contributed by atoms with E-state index in [0.29, 0.717) is 11.8 Å². The van der Waals surface area contributed by atoms with Crippen LogP contribution in [0.5, 0.6) is 0 Å². The molecule has 0 aliphatic carbocycles. The molecular formula is C32H52. The van der Waals surface area contributed by atoms with Crippen LogP contribution in [0.25, 0.3) is 10.8 Å². The highest BCUT2D eigenvalue weighted by molar-refractivity contribution is 5.99. The summed E-state index contributed by atoms with van der Waals surface area (Å²) in [4.78, 5) is 0. The molecule has 0 aromatic heterocycles. The van der Waals surface area contributed by atoms with Crippen molar-refractivity contribution in [3.05, 3.63) is 45.5 Å². The van der Waals surface area contributed by atoms with Crippen molar-refractivity contribution >= 4 is 10.8 Å². The van der Waals surface area contributed by atoms with E-state index in [1.807, 2.05) is 0 Å². The van der Waals surface area contributed by atoms with Crippen molar-refractivity contribution in [2.45, 2.75) is 144 Å². The molecule has 0 amide bonds. The second-order valence-corrected chi connectivity index (χ2v) is 14.8. The van der Waals surface area contributed by atoms with Gasteiger partial charge in [-0.05, 0) is 77.6 Å². The van der Waals surface area contributed by atoms with E-state index in [1.54, 1.807) is 16.5 Å². The van der Waals surface area contributed by atoms with Gasteiger partial charge in [-0.3, -0.25) is 0 Å². The van der Waals surface area contributed by atoms with E-state index in [1.165, 1.54) is 27.6 Å². The molecule has 0 heteroatoms. The minimum atomic E-state index is 0.0685. The molecule has 32 heavy (non-hydrogen) atoms. The Morgan fingerprint density at radius 1 is 0.438 bits per heavy atom. The molecular weight excluding hydrogens is 384 g/mol. The Bertz CT molecular complexity index is 906. The lowest BCUT2D eigenvalue weighted by Crippen LogP contribution is -2.26. The fraction of sp³-hybridized carbons (Fsp3) is 0.688. The molecule has 0 aliphatic rings. The van der Waals surface area contributed by atoms with Gasteiger partial charge in [0.25, 0.3) is 0 Å². The van der Waals surface area contributed by atoms with Crippen molar-refractivity contribution < 1.29 is 0 Å². The Balaban J connectivity index is 3.56. The van der Waals surface area contributed by atoms with Crippen molar-refractivity contribution in [2.24, 2.45) is 0 Å². The van der Waals surface area contributed by atoms with Crippen LogP contribution in [-0.4, -0.2) is 0 Å². The van der Waals surface area contributed by atoms with E-state index in [4.69, 9.17) is 0 Å². The molecule has 0 N–H and O–H groups in total. The molecule has 0 fully saturated rings. The fourth-order valence-electron chi connectivity index (χ4n) is 5.39. The molecule has 0 unspecified atom stereocenters. The zero-order chi connectivity index (χ0) is 25.2. The molecule has 0 atom stereocenters. The van der Waals surface area contributed by atoms with Crippen LogP contribution in [-0.2, 0) is 21.7 Å². The van der Waals surface area contributed by atoms with Gasteiger partial charge >= 0.3 is 0 Å². The molecule has 0 radical (unpaired) electrons. The highest BCUT2D eigenvalue weighted by Gasteiger charge is 2.35. The fourth-order valence-corrected chi connectivity index (χ4v) is 5.39. The summed E-state index contributed by atoms with van der Waals surface area (Å²) in [6.45, 7) is 38.3. The second-order valence-electron chi connectivity index (χ2n) is 14.8. The average Bonchev–Trinajstić information content (AvgIpc) is 2.54. The maximum atomic E-state index is 2.57.